The van der Waals surface area contributed by atoms with Crippen LogP contribution in [-0.2, 0) is 16.6 Å². The first-order valence-electron chi connectivity index (χ1n) is 6.35. The van der Waals surface area contributed by atoms with E-state index in [1.807, 2.05) is 0 Å². The van der Waals surface area contributed by atoms with Crippen LogP contribution < -0.4 is 4.72 Å². The van der Waals surface area contributed by atoms with Crippen LogP contribution in [-0.4, -0.2) is 23.2 Å². The highest BCUT2D eigenvalue weighted by Crippen LogP contribution is 2.26. The molecule has 0 saturated carbocycles. The van der Waals surface area contributed by atoms with Crippen molar-refractivity contribution in [3.63, 3.8) is 0 Å². The van der Waals surface area contributed by atoms with E-state index < -0.39 is 10.0 Å². The van der Waals surface area contributed by atoms with Crippen molar-refractivity contribution in [3.05, 3.63) is 57.9 Å². The quantitative estimate of drug-likeness (QED) is 0.692. The first-order valence-corrected chi connectivity index (χ1v) is 9.44. The molecule has 1 N–H and O–H groups in total. The number of nitrogens with one attached hydrogen (secondary N) is 1. The van der Waals surface area contributed by atoms with Crippen LogP contribution in [0.5, 0.6) is 0 Å². The SMILES string of the molecule is O=S(=O)(Nc1ncn(Cc2ccccc2F)n1)c1ccc(Br)s1. The van der Waals surface area contributed by atoms with Gasteiger partial charge < -0.3 is 0 Å². The second-order valence-corrected chi connectivity index (χ2v) is 8.89. The summed E-state index contributed by atoms with van der Waals surface area (Å²) in [6, 6.07) is 9.41. The van der Waals surface area contributed by atoms with Gasteiger partial charge in [0.15, 0.2) is 0 Å². The van der Waals surface area contributed by atoms with Crippen LogP contribution >= 0.6 is 27.3 Å². The van der Waals surface area contributed by atoms with E-state index in [4.69, 9.17) is 0 Å². The molecule has 0 fully saturated rings. The van der Waals surface area contributed by atoms with Gasteiger partial charge in [0.2, 0.25) is 0 Å². The molecule has 6 nitrogen and oxygen atoms in total. The zero-order valence-corrected chi connectivity index (χ0v) is 14.7. The van der Waals surface area contributed by atoms with E-state index in [0.29, 0.717) is 9.35 Å². The lowest BCUT2D eigenvalue weighted by atomic mass is 10.2. The maximum Gasteiger partial charge on any atom is 0.273 e. The molecule has 0 saturated heterocycles. The zero-order chi connectivity index (χ0) is 16.4. The van der Waals surface area contributed by atoms with Gasteiger partial charge in [-0.25, -0.2) is 22.2 Å². The molecule has 3 aromatic rings. The lowest BCUT2D eigenvalue weighted by molar-refractivity contribution is 0.584. The third-order valence-corrected chi connectivity index (χ3v) is 6.31. The Kier molecular flexibility index (Phi) is 4.46. The molecule has 2 aromatic heterocycles. The largest absolute Gasteiger partial charge is 0.273 e. The predicted molar refractivity (Wildman–Crippen MR) is 88.4 cm³/mol. The van der Waals surface area contributed by atoms with Crippen molar-refractivity contribution in [2.75, 3.05) is 4.72 Å². The number of benzene rings is 1. The van der Waals surface area contributed by atoms with Crippen molar-refractivity contribution in [2.45, 2.75) is 10.8 Å². The third-order valence-electron chi connectivity index (χ3n) is 2.87. The van der Waals surface area contributed by atoms with Crippen molar-refractivity contribution in [1.29, 1.82) is 0 Å². The van der Waals surface area contributed by atoms with Crippen LogP contribution in [0.4, 0.5) is 10.3 Å². The highest BCUT2D eigenvalue weighted by molar-refractivity contribution is 9.11. The number of aromatic nitrogens is 3. The van der Waals surface area contributed by atoms with Crippen LogP contribution in [0.25, 0.3) is 0 Å². The number of halogens is 2. The van der Waals surface area contributed by atoms with E-state index in [0.717, 1.165) is 11.3 Å². The molecule has 0 amide bonds. The number of thiophene rings is 1. The second-order valence-electron chi connectivity index (χ2n) is 4.52. The average Bonchev–Trinajstić information content (AvgIpc) is 3.11. The Hall–Kier alpha value is -1.78. The van der Waals surface area contributed by atoms with Crippen LogP contribution in [0.15, 0.2) is 50.7 Å². The van der Waals surface area contributed by atoms with Gasteiger partial charge in [-0.3, -0.25) is 0 Å². The van der Waals surface area contributed by atoms with Gasteiger partial charge in [0.1, 0.15) is 16.4 Å². The summed E-state index contributed by atoms with van der Waals surface area (Å²) < 4.78 is 42.4. The summed E-state index contributed by atoms with van der Waals surface area (Å²) in [5.41, 5.74) is 0.439. The van der Waals surface area contributed by atoms with Gasteiger partial charge >= 0.3 is 0 Å². The number of sulfonamides is 1. The average molecular weight is 417 g/mol. The Labute approximate surface area is 144 Å². The standard InChI is InChI=1S/C13H10BrFN4O2S2/c14-11-5-6-12(22-11)23(20,21)18-13-16-8-19(17-13)7-9-3-1-2-4-10(9)15/h1-6,8H,7H2,(H,17,18). The van der Waals surface area contributed by atoms with E-state index in [2.05, 4.69) is 30.7 Å². The van der Waals surface area contributed by atoms with Crippen molar-refractivity contribution in [1.82, 2.24) is 14.8 Å². The summed E-state index contributed by atoms with van der Waals surface area (Å²) in [7, 11) is -3.73. The van der Waals surface area contributed by atoms with Gasteiger partial charge in [0, 0.05) is 5.56 Å². The first kappa shape index (κ1) is 16.1. The smallest absolute Gasteiger partial charge is 0.246 e. The maximum absolute atomic E-state index is 13.6. The summed E-state index contributed by atoms with van der Waals surface area (Å²) in [6.07, 6.45) is 1.34. The molecule has 0 spiro atoms. The summed E-state index contributed by atoms with van der Waals surface area (Å²) in [5, 5.41) is 4.01. The minimum absolute atomic E-state index is 0.0640. The molecule has 0 atom stereocenters. The van der Waals surface area contributed by atoms with Crippen LogP contribution in [0.3, 0.4) is 0 Å². The van der Waals surface area contributed by atoms with Crippen molar-refractivity contribution in [2.24, 2.45) is 0 Å². The summed E-state index contributed by atoms with van der Waals surface area (Å²) in [5.74, 6) is -0.417. The minimum Gasteiger partial charge on any atom is -0.246 e. The Morgan fingerprint density at radius 3 is 2.74 bits per heavy atom. The normalized spacial score (nSPS) is 11.6. The lowest BCUT2D eigenvalue weighted by Gasteiger charge is -2.03. The Morgan fingerprint density at radius 2 is 2.04 bits per heavy atom. The molecule has 0 unspecified atom stereocenters. The molecule has 1 aromatic carbocycles. The van der Waals surface area contributed by atoms with Crippen LogP contribution in [0, 0.1) is 5.82 Å². The molecule has 0 aliphatic rings. The molecule has 0 bridgehead atoms. The van der Waals surface area contributed by atoms with Crippen molar-refractivity contribution < 1.29 is 12.8 Å². The van der Waals surface area contributed by atoms with Gasteiger partial charge in [-0.2, -0.15) is 4.98 Å². The first-order chi connectivity index (χ1) is 10.9. The predicted octanol–water partition coefficient (Wildman–Crippen LogP) is 3.09. The van der Waals surface area contributed by atoms with E-state index in [1.54, 1.807) is 24.3 Å². The van der Waals surface area contributed by atoms with E-state index in [9.17, 15) is 12.8 Å². The lowest BCUT2D eigenvalue weighted by Crippen LogP contribution is -2.13. The fourth-order valence-corrected chi connectivity index (χ4v) is 4.79. The monoisotopic (exact) mass is 416 g/mol. The van der Waals surface area contributed by atoms with Crippen LogP contribution in [0.1, 0.15) is 5.56 Å². The molecule has 10 heteroatoms. The third kappa shape index (κ3) is 3.77. The second kappa shape index (κ2) is 6.38. The summed E-state index contributed by atoms with van der Waals surface area (Å²) in [4.78, 5) is 3.89. The molecular formula is C13H10BrFN4O2S2. The molecule has 2 heterocycles. The van der Waals surface area contributed by atoms with E-state index in [1.165, 1.54) is 23.1 Å². The highest BCUT2D eigenvalue weighted by atomic mass is 79.9. The highest BCUT2D eigenvalue weighted by Gasteiger charge is 2.18. The topological polar surface area (TPSA) is 76.9 Å². The fourth-order valence-electron chi connectivity index (χ4n) is 1.83. The molecule has 0 aliphatic carbocycles. The number of nitrogens with zero attached hydrogens (tertiary/aromatic N) is 3. The molecule has 120 valence electrons. The van der Waals surface area contributed by atoms with Gasteiger partial charge in [-0.15, -0.1) is 16.4 Å². The molecule has 3 rings (SSSR count). The van der Waals surface area contributed by atoms with E-state index in [-0.39, 0.29) is 22.5 Å². The summed E-state index contributed by atoms with van der Waals surface area (Å²) >= 11 is 4.29. The van der Waals surface area contributed by atoms with Gasteiger partial charge in [-0.05, 0) is 34.1 Å². The van der Waals surface area contributed by atoms with E-state index >= 15 is 0 Å². The fraction of sp³-hybridized carbons (Fsp3) is 0.0769. The molecular weight excluding hydrogens is 407 g/mol. The van der Waals surface area contributed by atoms with Gasteiger partial charge in [0.05, 0.1) is 10.3 Å². The molecule has 23 heavy (non-hydrogen) atoms. The van der Waals surface area contributed by atoms with Crippen molar-refractivity contribution in [3.8, 4) is 0 Å². The van der Waals surface area contributed by atoms with Crippen LogP contribution in [0.2, 0.25) is 0 Å². The number of rotatable bonds is 5. The summed E-state index contributed by atoms with van der Waals surface area (Å²) in [6.45, 7) is 0.159. The van der Waals surface area contributed by atoms with Gasteiger partial charge in [-0.1, -0.05) is 18.2 Å². The Bertz CT molecular complexity index is 939. The Balaban J connectivity index is 1.76. The Morgan fingerprint density at radius 1 is 1.26 bits per heavy atom. The van der Waals surface area contributed by atoms with Crippen molar-refractivity contribution >= 4 is 43.2 Å². The number of hydrogen-bond donors (Lipinski definition) is 1. The zero-order valence-electron chi connectivity index (χ0n) is 11.5. The molecule has 0 radical (unpaired) electrons. The number of anilines is 1. The maximum atomic E-state index is 13.6. The molecule has 0 aliphatic heterocycles. The number of hydrogen-bond acceptors (Lipinski definition) is 5. The minimum atomic E-state index is -3.73. The van der Waals surface area contributed by atoms with Gasteiger partial charge in [0.25, 0.3) is 16.0 Å².